The van der Waals surface area contributed by atoms with E-state index in [9.17, 15) is 4.79 Å². The molecule has 112 valence electrons. The summed E-state index contributed by atoms with van der Waals surface area (Å²) in [6, 6.07) is 9.49. The van der Waals surface area contributed by atoms with E-state index in [4.69, 9.17) is 5.73 Å². The van der Waals surface area contributed by atoms with Crippen LogP contribution in [-0.2, 0) is 0 Å². The standard InChI is InChI=1S/C16H22N4O/c1-19(2)9-6-10-20(3)16(21)14-11-12-7-4-5-8-13(12)15(17)18-14/h4-5,7-8,11H,6,9-10H2,1-3H3,(H2,17,18). The number of benzene rings is 1. The molecular weight excluding hydrogens is 264 g/mol. The fourth-order valence-electron chi connectivity index (χ4n) is 2.26. The van der Waals surface area contributed by atoms with Crippen molar-refractivity contribution in [2.45, 2.75) is 6.42 Å². The molecule has 1 aromatic heterocycles. The summed E-state index contributed by atoms with van der Waals surface area (Å²) in [4.78, 5) is 20.4. The van der Waals surface area contributed by atoms with Crippen molar-refractivity contribution in [2.75, 3.05) is 40.0 Å². The summed E-state index contributed by atoms with van der Waals surface area (Å²) >= 11 is 0. The van der Waals surface area contributed by atoms with E-state index in [0.717, 1.165) is 23.7 Å². The normalized spacial score (nSPS) is 11.0. The van der Waals surface area contributed by atoms with Gasteiger partial charge in [0.1, 0.15) is 11.5 Å². The highest BCUT2D eigenvalue weighted by atomic mass is 16.2. The van der Waals surface area contributed by atoms with Crippen molar-refractivity contribution in [2.24, 2.45) is 0 Å². The number of pyridine rings is 1. The van der Waals surface area contributed by atoms with Gasteiger partial charge in [-0.2, -0.15) is 0 Å². The van der Waals surface area contributed by atoms with Gasteiger partial charge in [-0.05, 0) is 38.5 Å². The van der Waals surface area contributed by atoms with E-state index in [1.54, 1.807) is 18.0 Å². The van der Waals surface area contributed by atoms with E-state index in [1.807, 2.05) is 38.4 Å². The molecule has 0 bridgehead atoms. The molecule has 5 nitrogen and oxygen atoms in total. The van der Waals surface area contributed by atoms with E-state index in [-0.39, 0.29) is 5.91 Å². The minimum Gasteiger partial charge on any atom is -0.383 e. The molecular formula is C16H22N4O. The van der Waals surface area contributed by atoms with Gasteiger partial charge in [0, 0.05) is 19.0 Å². The van der Waals surface area contributed by atoms with Gasteiger partial charge < -0.3 is 15.5 Å². The van der Waals surface area contributed by atoms with Crippen molar-refractivity contribution >= 4 is 22.5 Å². The Morgan fingerprint density at radius 2 is 1.90 bits per heavy atom. The third-order valence-corrected chi connectivity index (χ3v) is 3.43. The van der Waals surface area contributed by atoms with Gasteiger partial charge in [0.2, 0.25) is 0 Å². The van der Waals surface area contributed by atoms with Gasteiger partial charge in [-0.1, -0.05) is 24.3 Å². The summed E-state index contributed by atoms with van der Waals surface area (Å²) in [5.41, 5.74) is 6.35. The van der Waals surface area contributed by atoms with Crippen LogP contribution in [0.2, 0.25) is 0 Å². The lowest BCUT2D eigenvalue weighted by Crippen LogP contribution is -2.30. The summed E-state index contributed by atoms with van der Waals surface area (Å²) < 4.78 is 0. The van der Waals surface area contributed by atoms with Crippen molar-refractivity contribution in [3.05, 3.63) is 36.0 Å². The van der Waals surface area contributed by atoms with Gasteiger partial charge >= 0.3 is 0 Å². The molecule has 0 atom stereocenters. The number of nitrogens with zero attached hydrogens (tertiary/aromatic N) is 3. The molecule has 2 rings (SSSR count). The number of nitrogen functional groups attached to an aromatic ring is 1. The molecule has 0 unspecified atom stereocenters. The molecule has 0 radical (unpaired) electrons. The molecule has 0 aliphatic rings. The van der Waals surface area contributed by atoms with Crippen LogP contribution in [0, 0.1) is 0 Å². The SMILES string of the molecule is CN(C)CCCN(C)C(=O)c1cc2ccccc2c(N)n1. The maximum absolute atomic E-state index is 12.4. The van der Waals surface area contributed by atoms with Crippen LogP contribution in [-0.4, -0.2) is 54.9 Å². The third-order valence-electron chi connectivity index (χ3n) is 3.43. The first-order valence-corrected chi connectivity index (χ1v) is 7.04. The Labute approximate surface area is 125 Å². The molecule has 5 heteroatoms. The Kier molecular flexibility index (Phi) is 4.75. The Morgan fingerprint density at radius 3 is 2.62 bits per heavy atom. The topological polar surface area (TPSA) is 62.5 Å². The van der Waals surface area contributed by atoms with Crippen LogP contribution in [0.3, 0.4) is 0 Å². The number of carbonyl (C=O) groups excluding carboxylic acids is 1. The summed E-state index contributed by atoms with van der Waals surface area (Å²) in [6.07, 6.45) is 0.929. The van der Waals surface area contributed by atoms with E-state index < -0.39 is 0 Å². The summed E-state index contributed by atoms with van der Waals surface area (Å²) in [7, 11) is 5.84. The third kappa shape index (κ3) is 3.70. The lowest BCUT2D eigenvalue weighted by atomic mass is 10.1. The van der Waals surface area contributed by atoms with Gasteiger partial charge in [-0.3, -0.25) is 4.79 Å². The number of fused-ring (bicyclic) bond motifs is 1. The average Bonchev–Trinajstić information content (AvgIpc) is 2.46. The number of amides is 1. The quantitative estimate of drug-likeness (QED) is 0.911. The highest BCUT2D eigenvalue weighted by molar-refractivity contribution is 5.99. The van der Waals surface area contributed by atoms with E-state index >= 15 is 0 Å². The molecule has 2 N–H and O–H groups in total. The largest absolute Gasteiger partial charge is 0.383 e. The van der Waals surface area contributed by atoms with E-state index in [1.165, 1.54) is 0 Å². The molecule has 0 spiro atoms. The molecule has 1 amide bonds. The van der Waals surface area contributed by atoms with Gasteiger partial charge in [0.15, 0.2) is 0 Å². The molecule has 0 fully saturated rings. The molecule has 1 aromatic carbocycles. The molecule has 21 heavy (non-hydrogen) atoms. The molecule has 0 aliphatic carbocycles. The maximum Gasteiger partial charge on any atom is 0.272 e. The first kappa shape index (κ1) is 15.3. The van der Waals surface area contributed by atoms with Crippen LogP contribution >= 0.6 is 0 Å². The number of nitrogens with two attached hydrogens (primary N) is 1. The zero-order valence-corrected chi connectivity index (χ0v) is 12.8. The molecule has 1 heterocycles. The minimum absolute atomic E-state index is 0.0915. The van der Waals surface area contributed by atoms with Crippen molar-refractivity contribution in [3.63, 3.8) is 0 Å². The van der Waals surface area contributed by atoms with Gasteiger partial charge in [0.05, 0.1) is 0 Å². The smallest absolute Gasteiger partial charge is 0.272 e. The van der Waals surface area contributed by atoms with Gasteiger partial charge in [-0.25, -0.2) is 4.98 Å². The number of hydrogen-bond donors (Lipinski definition) is 1. The monoisotopic (exact) mass is 286 g/mol. The average molecular weight is 286 g/mol. The number of hydrogen-bond acceptors (Lipinski definition) is 4. The first-order valence-electron chi connectivity index (χ1n) is 7.04. The van der Waals surface area contributed by atoms with Crippen molar-refractivity contribution < 1.29 is 4.79 Å². The van der Waals surface area contributed by atoms with E-state index in [0.29, 0.717) is 18.1 Å². The molecule has 0 saturated carbocycles. The van der Waals surface area contributed by atoms with Crippen LogP contribution in [0.5, 0.6) is 0 Å². The Morgan fingerprint density at radius 1 is 1.19 bits per heavy atom. The van der Waals surface area contributed by atoms with Crippen LogP contribution in [0.25, 0.3) is 10.8 Å². The Bertz CT molecular complexity index is 639. The number of rotatable bonds is 5. The highest BCUT2D eigenvalue weighted by Gasteiger charge is 2.15. The second-order valence-electron chi connectivity index (χ2n) is 5.50. The number of aromatic nitrogens is 1. The summed E-state index contributed by atoms with van der Waals surface area (Å²) in [5, 5.41) is 1.82. The lowest BCUT2D eigenvalue weighted by molar-refractivity contribution is 0.0785. The molecule has 2 aromatic rings. The second kappa shape index (κ2) is 6.54. The lowest BCUT2D eigenvalue weighted by Gasteiger charge is -2.18. The predicted octanol–water partition coefficient (Wildman–Crippen LogP) is 1.84. The summed E-state index contributed by atoms with van der Waals surface area (Å²) in [5.74, 6) is 0.310. The number of carbonyl (C=O) groups is 1. The summed E-state index contributed by atoms with van der Waals surface area (Å²) in [6.45, 7) is 1.65. The van der Waals surface area contributed by atoms with Crippen LogP contribution < -0.4 is 5.73 Å². The first-order chi connectivity index (χ1) is 9.99. The Balaban J connectivity index is 2.15. The van der Waals surface area contributed by atoms with E-state index in [2.05, 4.69) is 9.88 Å². The Hall–Kier alpha value is -2.14. The predicted molar refractivity (Wildman–Crippen MR) is 86.3 cm³/mol. The van der Waals surface area contributed by atoms with Crippen molar-refractivity contribution in [1.29, 1.82) is 0 Å². The van der Waals surface area contributed by atoms with Crippen LogP contribution in [0.1, 0.15) is 16.9 Å². The fraction of sp³-hybridized carbons (Fsp3) is 0.375. The van der Waals surface area contributed by atoms with Gasteiger partial charge in [-0.15, -0.1) is 0 Å². The maximum atomic E-state index is 12.4. The second-order valence-corrected chi connectivity index (χ2v) is 5.50. The molecule has 0 saturated heterocycles. The van der Waals surface area contributed by atoms with Crippen molar-refractivity contribution in [1.82, 2.24) is 14.8 Å². The minimum atomic E-state index is -0.0915. The zero-order valence-electron chi connectivity index (χ0n) is 12.8. The zero-order chi connectivity index (χ0) is 15.4. The van der Waals surface area contributed by atoms with Gasteiger partial charge in [0.25, 0.3) is 5.91 Å². The van der Waals surface area contributed by atoms with Crippen LogP contribution in [0.4, 0.5) is 5.82 Å². The van der Waals surface area contributed by atoms with Crippen LogP contribution in [0.15, 0.2) is 30.3 Å². The molecule has 0 aliphatic heterocycles. The van der Waals surface area contributed by atoms with Crippen molar-refractivity contribution in [3.8, 4) is 0 Å². The fourth-order valence-corrected chi connectivity index (χ4v) is 2.26. The number of anilines is 1. The highest BCUT2D eigenvalue weighted by Crippen LogP contribution is 2.20.